The lowest BCUT2D eigenvalue weighted by Crippen LogP contribution is -2.38. The predicted octanol–water partition coefficient (Wildman–Crippen LogP) is 6.32. The molecule has 1 aromatic rings. The van der Waals surface area contributed by atoms with Gasteiger partial charge in [-0.2, -0.15) is 0 Å². The van der Waals surface area contributed by atoms with E-state index in [1.165, 1.54) is 24.8 Å². The van der Waals surface area contributed by atoms with Gasteiger partial charge in [-0.05, 0) is 47.0 Å². The Kier molecular flexibility index (Phi) is 3.43. The Morgan fingerprint density at radius 2 is 1.64 bits per heavy atom. The highest BCUT2D eigenvalue weighted by molar-refractivity contribution is 5.58. The van der Waals surface area contributed by atoms with E-state index in [4.69, 9.17) is 0 Å². The van der Waals surface area contributed by atoms with Crippen molar-refractivity contribution in [2.45, 2.75) is 71.6 Å². The van der Waals surface area contributed by atoms with Crippen molar-refractivity contribution in [2.75, 3.05) is 0 Å². The molecule has 1 atom stereocenters. The maximum absolute atomic E-state index is 2.56. The Labute approximate surface area is 136 Å². The number of hydrogen-bond acceptors (Lipinski definition) is 0. The van der Waals surface area contributed by atoms with Gasteiger partial charge in [-0.25, -0.2) is 0 Å². The summed E-state index contributed by atoms with van der Waals surface area (Å²) >= 11 is 0. The molecule has 2 aliphatic carbocycles. The zero-order chi connectivity index (χ0) is 16.2. The van der Waals surface area contributed by atoms with Gasteiger partial charge in [0, 0.05) is 10.8 Å². The first-order valence-corrected chi connectivity index (χ1v) is 8.69. The number of allylic oxidation sites excluding steroid dienone is 4. The van der Waals surface area contributed by atoms with E-state index in [1.54, 1.807) is 16.7 Å². The normalized spacial score (nSPS) is 28.8. The molecule has 0 saturated heterocycles. The molecule has 0 N–H and O–H groups in total. The van der Waals surface area contributed by atoms with Crippen molar-refractivity contribution < 1.29 is 0 Å². The van der Waals surface area contributed by atoms with Gasteiger partial charge in [-0.15, -0.1) is 0 Å². The molecule has 0 bridgehead atoms. The van der Waals surface area contributed by atoms with Crippen molar-refractivity contribution in [3.8, 4) is 0 Å². The van der Waals surface area contributed by atoms with E-state index in [-0.39, 0.29) is 16.2 Å². The lowest BCUT2D eigenvalue weighted by atomic mass is 9.57. The van der Waals surface area contributed by atoms with E-state index in [0.717, 1.165) is 0 Å². The molecule has 3 rings (SSSR count). The molecule has 0 radical (unpaired) electrons. The minimum Gasteiger partial charge on any atom is -0.0756 e. The zero-order valence-electron chi connectivity index (χ0n) is 15.1. The Balaban J connectivity index is 2.22. The highest BCUT2D eigenvalue weighted by Gasteiger charge is 2.43. The van der Waals surface area contributed by atoms with Crippen molar-refractivity contribution in [3.63, 3.8) is 0 Å². The van der Waals surface area contributed by atoms with E-state index in [2.05, 4.69) is 78.0 Å². The summed E-state index contributed by atoms with van der Waals surface area (Å²) in [5, 5.41) is 0. The van der Waals surface area contributed by atoms with Gasteiger partial charge in [0.25, 0.3) is 0 Å². The van der Waals surface area contributed by atoms with E-state index in [0.29, 0.717) is 0 Å². The van der Waals surface area contributed by atoms with Gasteiger partial charge in [0.15, 0.2) is 0 Å². The van der Waals surface area contributed by atoms with Crippen LogP contribution in [0.4, 0.5) is 0 Å². The molecule has 0 heteroatoms. The SMILES string of the molecule is CC(C)(C)/C=C1\CCCC2(C)C1=CC(C)(C)c1ccccc12. The number of fused-ring (bicyclic) bond motifs is 3. The first-order valence-electron chi connectivity index (χ1n) is 8.69. The van der Waals surface area contributed by atoms with Crippen LogP contribution < -0.4 is 0 Å². The minimum atomic E-state index is 0.125. The molecule has 118 valence electrons. The predicted molar refractivity (Wildman–Crippen MR) is 96.3 cm³/mol. The first kappa shape index (κ1) is 15.6. The van der Waals surface area contributed by atoms with Crippen LogP contribution in [0.2, 0.25) is 0 Å². The third kappa shape index (κ3) is 2.47. The highest BCUT2D eigenvalue weighted by Crippen LogP contribution is 2.53. The quantitative estimate of drug-likeness (QED) is 0.525. The van der Waals surface area contributed by atoms with Crippen molar-refractivity contribution in [1.29, 1.82) is 0 Å². The molecule has 0 amide bonds. The lowest BCUT2D eigenvalue weighted by molar-refractivity contribution is 0.419. The average molecular weight is 294 g/mol. The molecule has 1 saturated carbocycles. The van der Waals surface area contributed by atoms with Crippen molar-refractivity contribution in [3.05, 3.63) is 58.7 Å². The fourth-order valence-electron chi connectivity index (χ4n) is 4.43. The smallest absolute Gasteiger partial charge is 0.0177 e. The molecule has 1 fully saturated rings. The van der Waals surface area contributed by atoms with E-state index in [1.807, 2.05) is 0 Å². The molecular formula is C22H30. The van der Waals surface area contributed by atoms with Gasteiger partial charge in [-0.1, -0.05) is 78.0 Å². The van der Waals surface area contributed by atoms with Crippen LogP contribution in [-0.4, -0.2) is 0 Å². The molecule has 0 aliphatic heterocycles. The van der Waals surface area contributed by atoms with Gasteiger partial charge < -0.3 is 0 Å². The first-order chi connectivity index (χ1) is 10.1. The van der Waals surface area contributed by atoms with Gasteiger partial charge in [0.1, 0.15) is 0 Å². The number of hydrogen-bond donors (Lipinski definition) is 0. The Hall–Kier alpha value is -1.30. The van der Waals surface area contributed by atoms with Crippen molar-refractivity contribution >= 4 is 0 Å². The zero-order valence-corrected chi connectivity index (χ0v) is 15.1. The van der Waals surface area contributed by atoms with Gasteiger partial charge in [0.05, 0.1) is 0 Å². The molecule has 22 heavy (non-hydrogen) atoms. The molecular weight excluding hydrogens is 264 g/mol. The summed E-state index contributed by atoms with van der Waals surface area (Å²) in [4.78, 5) is 0. The van der Waals surface area contributed by atoms with E-state index < -0.39 is 0 Å². The summed E-state index contributed by atoms with van der Waals surface area (Å²) in [6.45, 7) is 14.1. The van der Waals surface area contributed by atoms with Crippen LogP contribution >= 0.6 is 0 Å². The summed E-state index contributed by atoms with van der Waals surface area (Å²) in [6, 6.07) is 9.10. The maximum atomic E-state index is 2.56. The van der Waals surface area contributed by atoms with Crippen LogP contribution in [-0.2, 0) is 10.8 Å². The fraction of sp³-hybridized carbons (Fsp3) is 0.545. The molecule has 0 nitrogen and oxygen atoms in total. The minimum absolute atomic E-state index is 0.125. The third-order valence-corrected chi connectivity index (χ3v) is 5.39. The number of rotatable bonds is 0. The van der Waals surface area contributed by atoms with Crippen LogP contribution in [0.3, 0.4) is 0 Å². The summed E-state index contributed by atoms with van der Waals surface area (Å²) in [5.74, 6) is 0. The monoisotopic (exact) mass is 294 g/mol. The summed E-state index contributed by atoms with van der Waals surface area (Å²) in [5.41, 5.74) is 6.81. The Morgan fingerprint density at radius 3 is 2.27 bits per heavy atom. The number of benzene rings is 1. The molecule has 0 spiro atoms. The molecule has 1 aromatic carbocycles. The maximum Gasteiger partial charge on any atom is 0.0177 e. The van der Waals surface area contributed by atoms with Crippen LogP contribution in [0.15, 0.2) is 47.6 Å². The van der Waals surface area contributed by atoms with Crippen LogP contribution in [0.1, 0.15) is 71.9 Å². The lowest BCUT2D eigenvalue weighted by Gasteiger charge is -2.47. The average Bonchev–Trinajstić information content (AvgIpc) is 2.40. The fourth-order valence-corrected chi connectivity index (χ4v) is 4.43. The standard InChI is InChI=1S/C22H30/c1-20(2,3)14-16-10-9-13-22(6)18-12-8-7-11-17(18)21(4,5)15-19(16)22/h7-8,11-12,14-15H,9-10,13H2,1-6H3/b16-14+. The van der Waals surface area contributed by atoms with Crippen molar-refractivity contribution in [2.24, 2.45) is 5.41 Å². The Bertz CT molecular complexity index is 649. The third-order valence-electron chi connectivity index (χ3n) is 5.39. The highest BCUT2D eigenvalue weighted by atomic mass is 14.5. The van der Waals surface area contributed by atoms with Gasteiger partial charge in [-0.3, -0.25) is 0 Å². The Morgan fingerprint density at radius 1 is 1.00 bits per heavy atom. The van der Waals surface area contributed by atoms with Gasteiger partial charge >= 0.3 is 0 Å². The molecule has 0 heterocycles. The summed E-state index contributed by atoms with van der Waals surface area (Å²) < 4.78 is 0. The van der Waals surface area contributed by atoms with Gasteiger partial charge in [0.2, 0.25) is 0 Å². The largest absolute Gasteiger partial charge is 0.0756 e. The second kappa shape index (κ2) is 4.85. The van der Waals surface area contributed by atoms with Crippen LogP contribution in [0.25, 0.3) is 0 Å². The molecule has 2 aliphatic rings. The van der Waals surface area contributed by atoms with Crippen LogP contribution in [0.5, 0.6) is 0 Å². The van der Waals surface area contributed by atoms with Crippen molar-refractivity contribution in [1.82, 2.24) is 0 Å². The summed E-state index contributed by atoms with van der Waals surface area (Å²) in [6.07, 6.45) is 8.88. The topological polar surface area (TPSA) is 0 Å². The summed E-state index contributed by atoms with van der Waals surface area (Å²) in [7, 11) is 0. The molecule has 1 unspecified atom stereocenters. The van der Waals surface area contributed by atoms with E-state index in [9.17, 15) is 0 Å². The van der Waals surface area contributed by atoms with Crippen LogP contribution in [0, 0.1) is 5.41 Å². The second-order valence-electron chi connectivity index (χ2n) is 9.05. The molecule has 0 aromatic heterocycles. The van der Waals surface area contributed by atoms with E-state index >= 15 is 0 Å². The second-order valence-corrected chi connectivity index (χ2v) is 9.05.